The highest BCUT2D eigenvalue weighted by molar-refractivity contribution is 5.56. The van der Waals surface area contributed by atoms with Gasteiger partial charge in [0.15, 0.2) is 11.6 Å². The van der Waals surface area contributed by atoms with Crippen LogP contribution in [-0.2, 0) is 6.61 Å². The lowest BCUT2D eigenvalue weighted by Gasteiger charge is -2.11. The molecule has 0 amide bonds. The van der Waals surface area contributed by atoms with Crippen molar-refractivity contribution in [2.45, 2.75) is 6.61 Å². The first-order valence-electron chi connectivity index (χ1n) is 5.61. The molecule has 3 nitrogen and oxygen atoms in total. The average Bonchev–Trinajstić information content (AvgIpc) is 2.39. The number of nitrogen functional groups attached to an aromatic ring is 1. The van der Waals surface area contributed by atoms with Crippen molar-refractivity contribution in [3.8, 4) is 11.5 Å². The van der Waals surface area contributed by atoms with Crippen molar-refractivity contribution in [1.29, 1.82) is 0 Å². The normalized spacial score (nSPS) is 10.3. The van der Waals surface area contributed by atoms with Gasteiger partial charge < -0.3 is 15.2 Å². The Balaban J connectivity index is 2.18. The van der Waals surface area contributed by atoms with Crippen LogP contribution in [0.15, 0.2) is 36.4 Å². The van der Waals surface area contributed by atoms with E-state index in [-0.39, 0.29) is 29.6 Å². The highest BCUT2D eigenvalue weighted by atomic mass is 19.1. The summed E-state index contributed by atoms with van der Waals surface area (Å²) in [5, 5.41) is 0. The van der Waals surface area contributed by atoms with Crippen LogP contribution in [0.3, 0.4) is 0 Å². The summed E-state index contributed by atoms with van der Waals surface area (Å²) >= 11 is 0. The number of halogens is 2. The summed E-state index contributed by atoms with van der Waals surface area (Å²) in [5.41, 5.74) is 6.16. The van der Waals surface area contributed by atoms with Crippen LogP contribution in [0.25, 0.3) is 0 Å². The smallest absolute Gasteiger partial charge is 0.167 e. The van der Waals surface area contributed by atoms with Crippen LogP contribution in [0.5, 0.6) is 11.5 Å². The summed E-state index contributed by atoms with van der Waals surface area (Å²) in [6, 6.07) is 8.69. The van der Waals surface area contributed by atoms with Crippen molar-refractivity contribution in [2.24, 2.45) is 0 Å². The topological polar surface area (TPSA) is 44.5 Å². The van der Waals surface area contributed by atoms with E-state index in [1.165, 1.54) is 19.2 Å². The van der Waals surface area contributed by atoms with Crippen molar-refractivity contribution in [3.63, 3.8) is 0 Å². The van der Waals surface area contributed by atoms with Gasteiger partial charge in [-0.2, -0.15) is 0 Å². The molecular formula is C14H13F2NO2. The second-order valence-corrected chi connectivity index (χ2v) is 3.90. The molecule has 0 aliphatic heterocycles. The monoisotopic (exact) mass is 265 g/mol. The Hall–Kier alpha value is -2.30. The van der Waals surface area contributed by atoms with E-state index in [0.717, 1.165) is 6.07 Å². The van der Waals surface area contributed by atoms with E-state index in [1.807, 2.05) is 0 Å². The number of anilines is 1. The highest BCUT2D eigenvalue weighted by Crippen LogP contribution is 2.30. The minimum atomic E-state index is -0.571. The molecule has 2 aromatic rings. The molecule has 100 valence electrons. The van der Waals surface area contributed by atoms with Gasteiger partial charge >= 0.3 is 0 Å². The molecule has 0 saturated carbocycles. The van der Waals surface area contributed by atoms with Crippen LogP contribution in [0.2, 0.25) is 0 Å². The standard InChI is InChI=1S/C14H13F2NO2/c1-18-13-7-14(12(17)6-11(13)16)19-8-9-4-2-3-5-10(9)15/h2-7H,8,17H2,1H3. The summed E-state index contributed by atoms with van der Waals surface area (Å²) in [7, 11) is 1.34. The Morgan fingerprint density at radius 2 is 1.79 bits per heavy atom. The van der Waals surface area contributed by atoms with Gasteiger partial charge in [0, 0.05) is 17.7 Å². The third-order valence-electron chi connectivity index (χ3n) is 2.63. The molecule has 0 unspecified atom stereocenters. The molecule has 5 heteroatoms. The van der Waals surface area contributed by atoms with E-state index >= 15 is 0 Å². The molecule has 0 aromatic heterocycles. The Bertz CT molecular complexity index is 588. The molecule has 0 aliphatic carbocycles. The van der Waals surface area contributed by atoms with Crippen molar-refractivity contribution < 1.29 is 18.3 Å². The highest BCUT2D eigenvalue weighted by Gasteiger charge is 2.10. The average molecular weight is 265 g/mol. The second-order valence-electron chi connectivity index (χ2n) is 3.90. The zero-order valence-corrected chi connectivity index (χ0v) is 10.3. The molecule has 0 radical (unpaired) electrons. The predicted molar refractivity (Wildman–Crippen MR) is 68.1 cm³/mol. The molecule has 0 heterocycles. The Kier molecular flexibility index (Phi) is 3.85. The molecule has 0 saturated heterocycles. The molecular weight excluding hydrogens is 252 g/mol. The van der Waals surface area contributed by atoms with Crippen LogP contribution in [-0.4, -0.2) is 7.11 Å². The van der Waals surface area contributed by atoms with E-state index in [2.05, 4.69) is 0 Å². The van der Waals surface area contributed by atoms with Crippen molar-refractivity contribution >= 4 is 5.69 Å². The fraction of sp³-hybridized carbons (Fsp3) is 0.143. The van der Waals surface area contributed by atoms with E-state index in [9.17, 15) is 8.78 Å². The van der Waals surface area contributed by atoms with E-state index in [0.29, 0.717) is 5.56 Å². The van der Waals surface area contributed by atoms with E-state index in [4.69, 9.17) is 15.2 Å². The van der Waals surface area contributed by atoms with Crippen LogP contribution in [0.1, 0.15) is 5.56 Å². The zero-order valence-electron chi connectivity index (χ0n) is 10.3. The first-order chi connectivity index (χ1) is 9.11. The molecule has 0 aliphatic rings. The summed E-state index contributed by atoms with van der Waals surface area (Å²) in [6.45, 7) is 0.00562. The van der Waals surface area contributed by atoms with Gasteiger partial charge in [0.1, 0.15) is 18.2 Å². The SMILES string of the molecule is COc1cc(OCc2ccccc2F)c(N)cc1F. The Labute approximate surface area is 109 Å². The number of nitrogens with two attached hydrogens (primary N) is 1. The van der Waals surface area contributed by atoms with Gasteiger partial charge in [0.25, 0.3) is 0 Å². The first kappa shape index (κ1) is 13.1. The number of rotatable bonds is 4. The summed E-state index contributed by atoms with van der Waals surface area (Å²) in [5.74, 6) is -0.660. The minimum absolute atomic E-state index is 0.00562. The fourth-order valence-electron chi connectivity index (χ4n) is 1.60. The third kappa shape index (κ3) is 2.93. The van der Waals surface area contributed by atoms with Gasteiger partial charge in [-0.15, -0.1) is 0 Å². The maximum atomic E-state index is 13.4. The lowest BCUT2D eigenvalue weighted by atomic mass is 10.2. The molecule has 0 fully saturated rings. The van der Waals surface area contributed by atoms with Crippen LogP contribution in [0.4, 0.5) is 14.5 Å². The second kappa shape index (κ2) is 5.56. The lowest BCUT2D eigenvalue weighted by molar-refractivity contribution is 0.297. The molecule has 0 spiro atoms. The molecule has 2 N–H and O–H groups in total. The molecule has 0 bridgehead atoms. The zero-order chi connectivity index (χ0) is 13.8. The largest absolute Gasteiger partial charge is 0.494 e. The predicted octanol–water partition coefficient (Wildman–Crippen LogP) is 3.13. The van der Waals surface area contributed by atoms with Crippen molar-refractivity contribution in [2.75, 3.05) is 12.8 Å². The summed E-state index contributed by atoms with van der Waals surface area (Å²) in [4.78, 5) is 0. The molecule has 2 aromatic carbocycles. The maximum Gasteiger partial charge on any atom is 0.167 e. The number of hydrogen-bond acceptors (Lipinski definition) is 3. The molecule has 0 atom stereocenters. The lowest BCUT2D eigenvalue weighted by Crippen LogP contribution is -2.02. The third-order valence-corrected chi connectivity index (χ3v) is 2.63. The van der Waals surface area contributed by atoms with Crippen LogP contribution >= 0.6 is 0 Å². The van der Waals surface area contributed by atoms with E-state index < -0.39 is 5.82 Å². The number of benzene rings is 2. The van der Waals surface area contributed by atoms with Gasteiger partial charge in [-0.3, -0.25) is 0 Å². The van der Waals surface area contributed by atoms with Crippen molar-refractivity contribution in [3.05, 3.63) is 53.6 Å². The van der Waals surface area contributed by atoms with Gasteiger partial charge in [-0.1, -0.05) is 18.2 Å². The summed E-state index contributed by atoms with van der Waals surface area (Å²) < 4.78 is 37.0. The van der Waals surface area contributed by atoms with Crippen LogP contribution < -0.4 is 15.2 Å². The first-order valence-corrected chi connectivity index (χ1v) is 5.61. The molecule has 2 rings (SSSR count). The van der Waals surface area contributed by atoms with Gasteiger partial charge in [0.2, 0.25) is 0 Å². The van der Waals surface area contributed by atoms with Crippen molar-refractivity contribution in [1.82, 2.24) is 0 Å². The Morgan fingerprint density at radius 3 is 2.47 bits per heavy atom. The fourth-order valence-corrected chi connectivity index (χ4v) is 1.60. The number of methoxy groups -OCH3 is 1. The van der Waals surface area contributed by atoms with Gasteiger partial charge in [-0.05, 0) is 6.07 Å². The maximum absolute atomic E-state index is 13.4. The number of hydrogen-bond donors (Lipinski definition) is 1. The number of ether oxygens (including phenoxy) is 2. The minimum Gasteiger partial charge on any atom is -0.494 e. The van der Waals surface area contributed by atoms with Gasteiger partial charge in [-0.25, -0.2) is 8.78 Å². The quantitative estimate of drug-likeness (QED) is 0.864. The van der Waals surface area contributed by atoms with E-state index in [1.54, 1.807) is 18.2 Å². The van der Waals surface area contributed by atoms with Gasteiger partial charge in [0.05, 0.1) is 12.8 Å². The Morgan fingerprint density at radius 1 is 1.05 bits per heavy atom. The summed E-state index contributed by atoms with van der Waals surface area (Å²) in [6.07, 6.45) is 0. The van der Waals surface area contributed by atoms with Crippen LogP contribution in [0, 0.1) is 11.6 Å². The molecule has 19 heavy (non-hydrogen) atoms.